The van der Waals surface area contributed by atoms with E-state index in [2.05, 4.69) is 15.1 Å². The molecule has 1 saturated heterocycles. The number of thiophene rings is 1. The van der Waals surface area contributed by atoms with Gasteiger partial charge in [-0.15, -0.1) is 11.3 Å². The second kappa shape index (κ2) is 7.05. The summed E-state index contributed by atoms with van der Waals surface area (Å²) in [6.07, 6.45) is 3.57. The largest absolute Gasteiger partial charge is 0.458 e. The molecule has 4 rings (SSSR count). The predicted molar refractivity (Wildman–Crippen MR) is 98.5 cm³/mol. The molecule has 0 radical (unpaired) electrons. The average Bonchev–Trinajstić information content (AvgIpc) is 3.37. The van der Waals surface area contributed by atoms with E-state index in [0.29, 0.717) is 23.8 Å². The Labute approximate surface area is 159 Å². The first-order valence-electron chi connectivity index (χ1n) is 8.11. The SMILES string of the molecule is Cn1nc(-c2cccs2)cc1C(=O)N1CC[C@@H](Oc2ncc(Cl)cn2)C1. The van der Waals surface area contributed by atoms with Gasteiger partial charge in [0.05, 0.1) is 28.8 Å². The molecule has 1 fully saturated rings. The van der Waals surface area contributed by atoms with E-state index in [0.717, 1.165) is 17.0 Å². The van der Waals surface area contributed by atoms with Crippen LogP contribution < -0.4 is 4.74 Å². The first-order chi connectivity index (χ1) is 12.6. The maximum absolute atomic E-state index is 12.9. The van der Waals surface area contributed by atoms with Gasteiger partial charge in [0, 0.05) is 20.0 Å². The zero-order valence-corrected chi connectivity index (χ0v) is 15.6. The quantitative estimate of drug-likeness (QED) is 0.686. The summed E-state index contributed by atoms with van der Waals surface area (Å²) in [6, 6.07) is 6.07. The molecule has 4 heterocycles. The van der Waals surface area contributed by atoms with E-state index in [1.807, 2.05) is 23.6 Å². The van der Waals surface area contributed by atoms with Crippen LogP contribution in [0.1, 0.15) is 16.9 Å². The van der Waals surface area contributed by atoms with Crippen molar-refractivity contribution < 1.29 is 9.53 Å². The topological polar surface area (TPSA) is 73.1 Å². The lowest BCUT2D eigenvalue weighted by Gasteiger charge is -2.16. The van der Waals surface area contributed by atoms with Crippen LogP contribution in [0.5, 0.6) is 6.01 Å². The molecule has 26 heavy (non-hydrogen) atoms. The van der Waals surface area contributed by atoms with Crippen molar-refractivity contribution in [2.45, 2.75) is 12.5 Å². The first kappa shape index (κ1) is 17.0. The molecule has 0 spiro atoms. The molecule has 134 valence electrons. The third kappa shape index (κ3) is 3.42. The molecule has 0 aromatic carbocycles. The second-order valence-electron chi connectivity index (χ2n) is 5.98. The van der Waals surface area contributed by atoms with Gasteiger partial charge in [-0.05, 0) is 17.5 Å². The van der Waals surface area contributed by atoms with Crippen LogP contribution in [-0.2, 0) is 7.05 Å². The van der Waals surface area contributed by atoms with Crippen LogP contribution in [0.2, 0.25) is 5.02 Å². The Kier molecular flexibility index (Phi) is 4.60. The zero-order chi connectivity index (χ0) is 18.1. The van der Waals surface area contributed by atoms with Crippen molar-refractivity contribution in [3.05, 3.63) is 46.7 Å². The zero-order valence-electron chi connectivity index (χ0n) is 14.0. The van der Waals surface area contributed by atoms with Crippen molar-refractivity contribution in [3.63, 3.8) is 0 Å². The molecule has 1 aliphatic heterocycles. The molecular weight excluding hydrogens is 374 g/mol. The highest BCUT2D eigenvalue weighted by Crippen LogP contribution is 2.25. The standard InChI is InChI=1S/C17H16ClN5O2S/c1-22-14(7-13(21-22)15-3-2-6-26-15)16(24)23-5-4-12(10-23)25-17-19-8-11(18)9-20-17/h2-3,6-9,12H,4-5,10H2,1H3/t12-/m1/s1. The van der Waals surface area contributed by atoms with Gasteiger partial charge in [-0.3, -0.25) is 9.48 Å². The molecule has 0 bridgehead atoms. The normalized spacial score (nSPS) is 16.8. The van der Waals surface area contributed by atoms with Gasteiger partial charge in [0.1, 0.15) is 17.5 Å². The number of hydrogen-bond acceptors (Lipinski definition) is 6. The number of rotatable bonds is 4. The first-order valence-corrected chi connectivity index (χ1v) is 9.37. The Bertz CT molecular complexity index is 910. The van der Waals surface area contributed by atoms with Crippen molar-refractivity contribution in [2.75, 3.05) is 13.1 Å². The number of likely N-dealkylation sites (tertiary alicyclic amines) is 1. The van der Waals surface area contributed by atoms with E-state index in [1.54, 1.807) is 28.0 Å². The highest BCUT2D eigenvalue weighted by atomic mass is 35.5. The lowest BCUT2D eigenvalue weighted by atomic mass is 10.3. The minimum absolute atomic E-state index is 0.0501. The third-order valence-corrected chi connectivity index (χ3v) is 5.26. The summed E-state index contributed by atoms with van der Waals surface area (Å²) >= 11 is 7.37. The molecule has 7 nitrogen and oxygen atoms in total. The van der Waals surface area contributed by atoms with Crippen molar-refractivity contribution in [1.29, 1.82) is 0 Å². The number of carbonyl (C=O) groups excluding carboxylic acids is 1. The van der Waals surface area contributed by atoms with Crippen molar-refractivity contribution in [3.8, 4) is 16.6 Å². The minimum atomic E-state index is -0.134. The molecular formula is C17H16ClN5O2S. The summed E-state index contributed by atoms with van der Waals surface area (Å²) in [4.78, 5) is 23.7. The fourth-order valence-electron chi connectivity index (χ4n) is 2.89. The van der Waals surface area contributed by atoms with E-state index in [9.17, 15) is 4.79 Å². The minimum Gasteiger partial charge on any atom is -0.458 e. The summed E-state index contributed by atoms with van der Waals surface area (Å²) < 4.78 is 7.38. The Morgan fingerprint density at radius 3 is 2.92 bits per heavy atom. The van der Waals surface area contributed by atoms with Crippen LogP contribution >= 0.6 is 22.9 Å². The van der Waals surface area contributed by atoms with E-state index >= 15 is 0 Å². The van der Waals surface area contributed by atoms with Crippen LogP contribution in [-0.4, -0.2) is 49.7 Å². The fourth-order valence-corrected chi connectivity index (χ4v) is 3.67. The number of ether oxygens (including phenoxy) is 1. The Morgan fingerprint density at radius 2 is 2.19 bits per heavy atom. The number of aromatic nitrogens is 4. The molecule has 0 aliphatic carbocycles. The molecule has 0 unspecified atom stereocenters. The maximum atomic E-state index is 12.9. The smallest absolute Gasteiger partial charge is 0.316 e. The lowest BCUT2D eigenvalue weighted by molar-refractivity contribution is 0.0759. The van der Waals surface area contributed by atoms with Crippen LogP contribution in [0, 0.1) is 0 Å². The van der Waals surface area contributed by atoms with Gasteiger partial charge >= 0.3 is 6.01 Å². The van der Waals surface area contributed by atoms with E-state index in [4.69, 9.17) is 16.3 Å². The Hall–Kier alpha value is -2.45. The van der Waals surface area contributed by atoms with Crippen LogP contribution in [0.25, 0.3) is 10.6 Å². The second-order valence-corrected chi connectivity index (χ2v) is 7.36. The van der Waals surface area contributed by atoms with Gasteiger partial charge < -0.3 is 9.64 Å². The van der Waals surface area contributed by atoms with Crippen molar-refractivity contribution >= 4 is 28.8 Å². The monoisotopic (exact) mass is 389 g/mol. The molecule has 0 N–H and O–H groups in total. The lowest BCUT2D eigenvalue weighted by Crippen LogP contribution is -2.32. The third-order valence-electron chi connectivity index (χ3n) is 4.17. The summed E-state index contributed by atoms with van der Waals surface area (Å²) in [5.41, 5.74) is 1.38. The molecule has 1 aliphatic rings. The highest BCUT2D eigenvalue weighted by Gasteiger charge is 2.30. The van der Waals surface area contributed by atoms with Crippen molar-refractivity contribution in [1.82, 2.24) is 24.6 Å². The van der Waals surface area contributed by atoms with Gasteiger partial charge in [0.15, 0.2) is 0 Å². The van der Waals surface area contributed by atoms with Gasteiger partial charge in [-0.25, -0.2) is 9.97 Å². The number of carbonyl (C=O) groups is 1. The number of nitrogens with zero attached hydrogens (tertiary/aromatic N) is 5. The Morgan fingerprint density at radius 1 is 1.38 bits per heavy atom. The van der Waals surface area contributed by atoms with E-state index in [1.165, 1.54) is 12.4 Å². The molecule has 3 aromatic heterocycles. The molecule has 1 amide bonds. The van der Waals surface area contributed by atoms with Gasteiger partial charge in [0.25, 0.3) is 5.91 Å². The molecule has 1 atom stereocenters. The molecule has 0 saturated carbocycles. The van der Waals surface area contributed by atoms with E-state index < -0.39 is 0 Å². The summed E-state index contributed by atoms with van der Waals surface area (Å²) in [6.45, 7) is 1.11. The summed E-state index contributed by atoms with van der Waals surface area (Å²) in [5, 5.41) is 6.91. The molecule has 9 heteroatoms. The number of halogens is 1. The van der Waals surface area contributed by atoms with Crippen LogP contribution in [0.15, 0.2) is 36.0 Å². The predicted octanol–water partition coefficient (Wildman–Crippen LogP) is 2.89. The number of hydrogen-bond donors (Lipinski definition) is 0. The number of amides is 1. The average molecular weight is 390 g/mol. The van der Waals surface area contributed by atoms with Gasteiger partial charge in [0.2, 0.25) is 0 Å². The van der Waals surface area contributed by atoms with Gasteiger partial charge in [-0.1, -0.05) is 17.7 Å². The van der Waals surface area contributed by atoms with Crippen LogP contribution in [0.4, 0.5) is 0 Å². The highest BCUT2D eigenvalue weighted by molar-refractivity contribution is 7.13. The van der Waals surface area contributed by atoms with Crippen LogP contribution in [0.3, 0.4) is 0 Å². The summed E-state index contributed by atoms with van der Waals surface area (Å²) in [7, 11) is 1.79. The summed E-state index contributed by atoms with van der Waals surface area (Å²) in [5.74, 6) is -0.0501. The van der Waals surface area contributed by atoms with Crippen molar-refractivity contribution in [2.24, 2.45) is 7.05 Å². The number of aryl methyl sites for hydroxylation is 1. The Balaban J connectivity index is 1.44. The maximum Gasteiger partial charge on any atom is 0.316 e. The van der Waals surface area contributed by atoms with E-state index in [-0.39, 0.29) is 18.0 Å². The fraction of sp³-hybridized carbons (Fsp3) is 0.294. The van der Waals surface area contributed by atoms with Gasteiger partial charge in [-0.2, -0.15) is 5.10 Å². The molecule has 3 aromatic rings.